The van der Waals surface area contributed by atoms with Crippen molar-refractivity contribution in [3.8, 4) is 0 Å². The standard InChI is InChI=1S/C27H30O6/c28-16-23-24(30-17-20-10-4-1-5-11-20)25(31-18-21-12-6-2-7-13-21)26(27(29)33-23)32-19-22-14-8-3-9-15-22/h1-15,23-29H,16-19H2/t23?,24-,25?,26?,27?/m0/s1. The van der Waals surface area contributed by atoms with Crippen molar-refractivity contribution in [2.24, 2.45) is 0 Å². The van der Waals surface area contributed by atoms with Gasteiger partial charge in [0.1, 0.15) is 24.4 Å². The van der Waals surface area contributed by atoms with Crippen LogP contribution < -0.4 is 0 Å². The van der Waals surface area contributed by atoms with Gasteiger partial charge in [-0.05, 0) is 16.7 Å². The molecular weight excluding hydrogens is 420 g/mol. The fraction of sp³-hybridized carbons (Fsp3) is 0.333. The SMILES string of the molecule is OCC1OC(O)C(OCc2ccccc2)C(OCc2ccccc2)[C@H]1OCc1ccccc1. The zero-order valence-corrected chi connectivity index (χ0v) is 18.4. The second-order valence-electron chi connectivity index (χ2n) is 8.03. The lowest BCUT2D eigenvalue weighted by Crippen LogP contribution is -2.61. The van der Waals surface area contributed by atoms with Gasteiger partial charge in [0, 0.05) is 0 Å². The second kappa shape index (κ2) is 12.0. The Morgan fingerprint density at radius 2 is 0.970 bits per heavy atom. The molecule has 2 N–H and O–H groups in total. The Hall–Kier alpha value is -2.58. The van der Waals surface area contributed by atoms with Crippen LogP contribution in [0.3, 0.4) is 0 Å². The van der Waals surface area contributed by atoms with Crippen molar-refractivity contribution < 1.29 is 29.2 Å². The van der Waals surface area contributed by atoms with Crippen molar-refractivity contribution in [2.45, 2.75) is 50.5 Å². The Morgan fingerprint density at radius 3 is 1.39 bits per heavy atom. The van der Waals surface area contributed by atoms with E-state index in [1.807, 2.05) is 91.0 Å². The summed E-state index contributed by atoms with van der Waals surface area (Å²) in [5.74, 6) is 0. The summed E-state index contributed by atoms with van der Waals surface area (Å²) >= 11 is 0. The highest BCUT2D eigenvalue weighted by Gasteiger charge is 2.47. The van der Waals surface area contributed by atoms with Crippen molar-refractivity contribution in [1.29, 1.82) is 0 Å². The predicted molar refractivity (Wildman–Crippen MR) is 123 cm³/mol. The van der Waals surface area contributed by atoms with Crippen molar-refractivity contribution in [1.82, 2.24) is 0 Å². The van der Waals surface area contributed by atoms with E-state index in [0.717, 1.165) is 16.7 Å². The van der Waals surface area contributed by atoms with Crippen LogP contribution >= 0.6 is 0 Å². The quantitative estimate of drug-likeness (QED) is 0.493. The molecule has 1 aliphatic heterocycles. The van der Waals surface area contributed by atoms with Crippen molar-refractivity contribution >= 4 is 0 Å². The van der Waals surface area contributed by atoms with Crippen molar-refractivity contribution in [3.63, 3.8) is 0 Å². The summed E-state index contributed by atoms with van der Waals surface area (Å²) in [6.07, 6.45) is -4.09. The van der Waals surface area contributed by atoms with E-state index in [0.29, 0.717) is 13.2 Å². The molecule has 0 aromatic heterocycles. The Kier molecular flexibility index (Phi) is 8.60. The molecule has 1 fully saturated rings. The van der Waals surface area contributed by atoms with Crippen LogP contribution in [0.5, 0.6) is 0 Å². The predicted octanol–water partition coefficient (Wildman–Crippen LogP) is 3.45. The molecule has 174 valence electrons. The van der Waals surface area contributed by atoms with Gasteiger partial charge in [-0.1, -0.05) is 91.0 Å². The van der Waals surface area contributed by atoms with E-state index in [9.17, 15) is 10.2 Å². The lowest BCUT2D eigenvalue weighted by atomic mass is 9.98. The van der Waals surface area contributed by atoms with Gasteiger partial charge in [0.15, 0.2) is 6.29 Å². The average Bonchev–Trinajstić information content (AvgIpc) is 2.87. The third kappa shape index (κ3) is 6.48. The highest BCUT2D eigenvalue weighted by molar-refractivity contribution is 5.15. The third-order valence-electron chi connectivity index (χ3n) is 5.65. The zero-order chi connectivity index (χ0) is 22.9. The minimum atomic E-state index is -1.26. The van der Waals surface area contributed by atoms with Gasteiger partial charge in [0.2, 0.25) is 0 Å². The number of ether oxygens (including phenoxy) is 4. The molecule has 1 aliphatic rings. The maximum atomic E-state index is 10.7. The van der Waals surface area contributed by atoms with Crippen LogP contribution in [0.4, 0.5) is 0 Å². The van der Waals surface area contributed by atoms with E-state index in [1.54, 1.807) is 0 Å². The smallest absolute Gasteiger partial charge is 0.184 e. The van der Waals surface area contributed by atoms with Crippen LogP contribution in [0.2, 0.25) is 0 Å². The third-order valence-corrected chi connectivity index (χ3v) is 5.65. The lowest BCUT2D eigenvalue weighted by molar-refractivity contribution is -0.315. The summed E-state index contributed by atoms with van der Waals surface area (Å²) in [6.45, 7) is 0.601. The Morgan fingerprint density at radius 1 is 0.576 bits per heavy atom. The Balaban J connectivity index is 1.53. The molecule has 4 unspecified atom stereocenters. The van der Waals surface area contributed by atoms with Gasteiger partial charge in [-0.2, -0.15) is 0 Å². The molecule has 4 rings (SSSR count). The van der Waals surface area contributed by atoms with Crippen LogP contribution in [-0.2, 0) is 38.8 Å². The first kappa shape index (κ1) is 23.6. The van der Waals surface area contributed by atoms with Gasteiger partial charge in [-0.3, -0.25) is 0 Å². The highest BCUT2D eigenvalue weighted by atomic mass is 16.7. The monoisotopic (exact) mass is 450 g/mol. The second-order valence-corrected chi connectivity index (χ2v) is 8.03. The number of hydrogen-bond donors (Lipinski definition) is 2. The van der Waals surface area contributed by atoms with Gasteiger partial charge in [-0.25, -0.2) is 0 Å². The number of rotatable bonds is 10. The first-order valence-electron chi connectivity index (χ1n) is 11.2. The molecule has 6 heteroatoms. The molecule has 0 spiro atoms. The summed E-state index contributed by atoms with van der Waals surface area (Å²) in [4.78, 5) is 0. The molecule has 0 radical (unpaired) electrons. The summed E-state index contributed by atoms with van der Waals surface area (Å²) in [5.41, 5.74) is 2.95. The van der Waals surface area contributed by atoms with Gasteiger partial charge in [0.25, 0.3) is 0 Å². The molecule has 3 aromatic rings. The average molecular weight is 451 g/mol. The van der Waals surface area contributed by atoms with Crippen molar-refractivity contribution in [3.05, 3.63) is 108 Å². The largest absolute Gasteiger partial charge is 0.394 e. The first-order valence-corrected chi connectivity index (χ1v) is 11.2. The number of aliphatic hydroxyl groups is 2. The van der Waals surface area contributed by atoms with Crippen LogP contribution in [0.1, 0.15) is 16.7 Å². The maximum Gasteiger partial charge on any atom is 0.184 e. The Labute approximate surface area is 194 Å². The minimum Gasteiger partial charge on any atom is -0.394 e. The van der Waals surface area contributed by atoms with E-state index >= 15 is 0 Å². The van der Waals surface area contributed by atoms with Crippen LogP contribution in [0, 0.1) is 0 Å². The molecular formula is C27H30O6. The minimum absolute atomic E-state index is 0.284. The van der Waals surface area contributed by atoms with Crippen LogP contribution in [0.15, 0.2) is 91.0 Å². The van der Waals surface area contributed by atoms with Crippen molar-refractivity contribution in [2.75, 3.05) is 6.61 Å². The van der Waals surface area contributed by atoms with Gasteiger partial charge >= 0.3 is 0 Å². The molecule has 0 saturated carbocycles. The van der Waals surface area contributed by atoms with Gasteiger partial charge in [-0.15, -0.1) is 0 Å². The fourth-order valence-corrected chi connectivity index (χ4v) is 3.91. The molecule has 6 nitrogen and oxygen atoms in total. The van der Waals surface area contributed by atoms with E-state index in [-0.39, 0.29) is 13.2 Å². The topological polar surface area (TPSA) is 77.4 Å². The van der Waals surface area contributed by atoms with E-state index in [4.69, 9.17) is 18.9 Å². The zero-order valence-electron chi connectivity index (χ0n) is 18.4. The summed E-state index contributed by atoms with van der Waals surface area (Å²) in [7, 11) is 0. The molecule has 0 amide bonds. The number of aliphatic hydroxyl groups excluding tert-OH is 2. The molecule has 33 heavy (non-hydrogen) atoms. The highest BCUT2D eigenvalue weighted by Crippen LogP contribution is 2.29. The van der Waals surface area contributed by atoms with Crippen LogP contribution in [0.25, 0.3) is 0 Å². The molecule has 5 atom stereocenters. The summed E-state index contributed by atoms with van der Waals surface area (Å²) in [5, 5.41) is 20.7. The summed E-state index contributed by atoms with van der Waals surface area (Å²) < 4.78 is 24.3. The number of hydrogen-bond acceptors (Lipinski definition) is 6. The summed E-state index contributed by atoms with van der Waals surface area (Å²) in [6, 6.07) is 29.3. The van der Waals surface area contributed by atoms with E-state index < -0.39 is 30.7 Å². The van der Waals surface area contributed by atoms with E-state index in [1.165, 1.54) is 0 Å². The normalized spacial score (nSPS) is 25.1. The molecule has 3 aromatic carbocycles. The fourth-order valence-electron chi connectivity index (χ4n) is 3.91. The van der Waals surface area contributed by atoms with Gasteiger partial charge in [0.05, 0.1) is 26.4 Å². The molecule has 0 bridgehead atoms. The maximum absolute atomic E-state index is 10.7. The first-order chi connectivity index (χ1) is 16.2. The molecule has 1 heterocycles. The van der Waals surface area contributed by atoms with E-state index in [2.05, 4.69) is 0 Å². The van der Waals surface area contributed by atoms with Crippen LogP contribution in [-0.4, -0.2) is 47.5 Å². The lowest BCUT2D eigenvalue weighted by Gasteiger charge is -2.44. The number of benzene rings is 3. The Bertz CT molecular complexity index is 937. The molecule has 1 saturated heterocycles. The molecule has 0 aliphatic carbocycles. The van der Waals surface area contributed by atoms with Gasteiger partial charge < -0.3 is 29.2 Å².